The maximum Gasteiger partial charge on any atom is 0.407 e. The fourth-order valence-electron chi connectivity index (χ4n) is 1.80. The Balaban J connectivity index is 0.00000361. The number of ether oxygens (including phenoxy) is 1. The minimum Gasteiger partial charge on any atom is -0.445 e. The summed E-state index contributed by atoms with van der Waals surface area (Å²) in [4.78, 5) is 11.3. The molecule has 0 saturated carbocycles. The van der Waals surface area contributed by atoms with Crippen LogP contribution in [0.4, 0.5) is 4.79 Å². The Morgan fingerprint density at radius 2 is 2.20 bits per heavy atom. The number of hydrogen-bond acceptors (Lipinski definition) is 3. The molecule has 1 amide bonds. The van der Waals surface area contributed by atoms with Crippen molar-refractivity contribution in [2.45, 2.75) is 13.3 Å². The van der Waals surface area contributed by atoms with Gasteiger partial charge in [-0.25, -0.2) is 4.79 Å². The molecule has 1 aromatic rings. The van der Waals surface area contributed by atoms with Crippen LogP contribution in [0.5, 0.6) is 0 Å². The van der Waals surface area contributed by atoms with E-state index in [1.807, 2.05) is 12.1 Å². The van der Waals surface area contributed by atoms with E-state index in [4.69, 9.17) is 10.5 Å². The molecule has 4 nitrogen and oxygen atoms in total. The Hall–Kier alpha value is -1.46. The van der Waals surface area contributed by atoms with Gasteiger partial charge in [0.2, 0.25) is 0 Å². The molecule has 0 heterocycles. The summed E-state index contributed by atoms with van der Waals surface area (Å²) in [5.41, 5.74) is 8.26. The van der Waals surface area contributed by atoms with Crippen LogP contribution in [-0.4, -0.2) is 25.8 Å². The number of aryl methyl sites for hydroxylation is 1. The summed E-state index contributed by atoms with van der Waals surface area (Å²) in [5, 5.41) is 2.72. The van der Waals surface area contributed by atoms with Crippen molar-refractivity contribution in [1.82, 2.24) is 5.32 Å². The number of rotatable bonds is 7. The van der Waals surface area contributed by atoms with Crippen LogP contribution in [0.3, 0.4) is 0 Å². The summed E-state index contributed by atoms with van der Waals surface area (Å²) in [6.45, 7) is 6.82. The summed E-state index contributed by atoms with van der Waals surface area (Å²) < 4.78 is 4.85. The predicted molar refractivity (Wildman–Crippen MR) is 87.4 cm³/mol. The lowest BCUT2D eigenvalue weighted by Gasteiger charge is -2.16. The first-order valence-corrected chi connectivity index (χ1v) is 6.43. The molecule has 0 unspecified atom stereocenters. The van der Waals surface area contributed by atoms with Gasteiger partial charge in [0.05, 0.1) is 0 Å². The number of alkyl carbamates (subject to hydrolysis) is 1. The van der Waals surface area contributed by atoms with Crippen molar-refractivity contribution in [2.24, 2.45) is 11.7 Å². The highest BCUT2D eigenvalue weighted by molar-refractivity contribution is 7.59. The standard InChI is InChI=1S/C15H22N2O2.H2S/c1-3-8-19-15(18)17-11-13(10-16)9-14-7-5-4-6-12(14)2;/h3-7,13H,1,8-11,16H2,2H3,(H,17,18);1H2/t13-;/m0./s1. The van der Waals surface area contributed by atoms with Gasteiger partial charge in [0, 0.05) is 6.54 Å². The van der Waals surface area contributed by atoms with E-state index in [0.717, 1.165) is 6.42 Å². The van der Waals surface area contributed by atoms with Crippen molar-refractivity contribution in [1.29, 1.82) is 0 Å². The summed E-state index contributed by atoms with van der Waals surface area (Å²) in [5.74, 6) is 0.206. The van der Waals surface area contributed by atoms with Gasteiger partial charge in [0.25, 0.3) is 0 Å². The quantitative estimate of drug-likeness (QED) is 0.758. The van der Waals surface area contributed by atoms with Crippen molar-refractivity contribution in [2.75, 3.05) is 19.7 Å². The number of nitrogens with one attached hydrogen (secondary N) is 1. The zero-order chi connectivity index (χ0) is 14.1. The van der Waals surface area contributed by atoms with Gasteiger partial charge in [-0.3, -0.25) is 0 Å². The second-order valence-electron chi connectivity index (χ2n) is 4.50. The van der Waals surface area contributed by atoms with E-state index in [9.17, 15) is 4.79 Å². The lowest BCUT2D eigenvalue weighted by molar-refractivity contribution is 0.156. The molecular formula is C15H24N2O2S. The van der Waals surface area contributed by atoms with Gasteiger partial charge in [0.1, 0.15) is 6.61 Å². The largest absolute Gasteiger partial charge is 0.445 e. The van der Waals surface area contributed by atoms with E-state index < -0.39 is 6.09 Å². The van der Waals surface area contributed by atoms with Gasteiger partial charge in [-0.15, -0.1) is 0 Å². The number of hydrogen-bond donors (Lipinski definition) is 2. The second-order valence-corrected chi connectivity index (χ2v) is 4.50. The van der Waals surface area contributed by atoms with Gasteiger partial charge >= 0.3 is 6.09 Å². The Kier molecular flexibility index (Phi) is 9.59. The Morgan fingerprint density at radius 3 is 2.80 bits per heavy atom. The fourth-order valence-corrected chi connectivity index (χ4v) is 1.80. The summed E-state index contributed by atoms with van der Waals surface area (Å²) in [6, 6.07) is 8.20. The molecule has 0 fully saturated rings. The molecule has 0 saturated heterocycles. The van der Waals surface area contributed by atoms with Crippen LogP contribution in [0.25, 0.3) is 0 Å². The van der Waals surface area contributed by atoms with Crippen LogP contribution in [0.15, 0.2) is 36.9 Å². The first kappa shape index (κ1) is 18.5. The van der Waals surface area contributed by atoms with E-state index in [1.165, 1.54) is 17.2 Å². The molecule has 1 atom stereocenters. The molecule has 1 aromatic carbocycles. The Morgan fingerprint density at radius 1 is 1.50 bits per heavy atom. The normalized spacial score (nSPS) is 11.1. The molecule has 0 radical (unpaired) electrons. The fraction of sp³-hybridized carbons (Fsp3) is 0.400. The van der Waals surface area contributed by atoms with Gasteiger partial charge in [-0.2, -0.15) is 13.5 Å². The second kappa shape index (κ2) is 10.3. The highest BCUT2D eigenvalue weighted by atomic mass is 32.1. The number of carbonyl (C=O) groups is 1. The molecule has 20 heavy (non-hydrogen) atoms. The first-order valence-electron chi connectivity index (χ1n) is 6.43. The number of nitrogens with two attached hydrogens (primary N) is 1. The lowest BCUT2D eigenvalue weighted by atomic mass is 9.96. The van der Waals surface area contributed by atoms with E-state index in [-0.39, 0.29) is 26.0 Å². The maximum absolute atomic E-state index is 11.3. The van der Waals surface area contributed by atoms with Crippen LogP contribution >= 0.6 is 13.5 Å². The topological polar surface area (TPSA) is 64.3 Å². The van der Waals surface area contributed by atoms with E-state index in [2.05, 4.69) is 31.0 Å². The van der Waals surface area contributed by atoms with Gasteiger partial charge in [0.15, 0.2) is 0 Å². The van der Waals surface area contributed by atoms with E-state index >= 15 is 0 Å². The first-order chi connectivity index (χ1) is 9.17. The van der Waals surface area contributed by atoms with Crippen LogP contribution in [0, 0.1) is 12.8 Å². The third-order valence-electron chi connectivity index (χ3n) is 2.97. The lowest BCUT2D eigenvalue weighted by Crippen LogP contribution is -2.34. The van der Waals surface area contributed by atoms with E-state index in [0.29, 0.717) is 13.1 Å². The molecule has 0 bridgehead atoms. The zero-order valence-electron chi connectivity index (χ0n) is 11.9. The number of carbonyl (C=O) groups excluding carboxylic acids is 1. The number of amides is 1. The van der Waals surface area contributed by atoms with Crippen molar-refractivity contribution >= 4 is 19.6 Å². The highest BCUT2D eigenvalue weighted by Crippen LogP contribution is 2.12. The summed E-state index contributed by atoms with van der Waals surface area (Å²) >= 11 is 0. The SMILES string of the molecule is C=CCOC(=O)NC[C@H](CN)Cc1ccccc1C.S. The van der Waals surface area contributed by atoms with Crippen molar-refractivity contribution in [3.05, 3.63) is 48.0 Å². The van der Waals surface area contributed by atoms with Gasteiger partial charge in [-0.05, 0) is 36.9 Å². The third-order valence-corrected chi connectivity index (χ3v) is 2.97. The third kappa shape index (κ3) is 6.63. The van der Waals surface area contributed by atoms with Crippen LogP contribution in [-0.2, 0) is 11.2 Å². The molecule has 5 heteroatoms. The monoisotopic (exact) mass is 296 g/mol. The molecule has 0 aliphatic carbocycles. The summed E-state index contributed by atoms with van der Waals surface area (Å²) in [7, 11) is 0. The van der Waals surface area contributed by atoms with Crippen molar-refractivity contribution in [3.63, 3.8) is 0 Å². The molecule has 1 rings (SSSR count). The minimum absolute atomic E-state index is 0. The maximum atomic E-state index is 11.3. The molecule has 0 aliphatic heterocycles. The van der Waals surface area contributed by atoms with Gasteiger partial charge < -0.3 is 15.8 Å². The summed E-state index contributed by atoms with van der Waals surface area (Å²) in [6.07, 6.45) is 1.96. The molecule has 0 aliphatic rings. The van der Waals surface area contributed by atoms with Crippen LogP contribution in [0.1, 0.15) is 11.1 Å². The van der Waals surface area contributed by atoms with Crippen molar-refractivity contribution in [3.8, 4) is 0 Å². The Labute approximate surface area is 127 Å². The minimum atomic E-state index is -0.428. The van der Waals surface area contributed by atoms with Crippen LogP contribution < -0.4 is 11.1 Å². The number of benzene rings is 1. The van der Waals surface area contributed by atoms with Gasteiger partial charge in [-0.1, -0.05) is 36.9 Å². The average molecular weight is 296 g/mol. The van der Waals surface area contributed by atoms with E-state index in [1.54, 1.807) is 0 Å². The molecule has 0 aromatic heterocycles. The molecule has 3 N–H and O–H groups in total. The smallest absolute Gasteiger partial charge is 0.407 e. The molecular weight excluding hydrogens is 272 g/mol. The van der Waals surface area contributed by atoms with Crippen LogP contribution in [0.2, 0.25) is 0 Å². The predicted octanol–water partition coefficient (Wildman–Crippen LogP) is 2.14. The van der Waals surface area contributed by atoms with Crippen molar-refractivity contribution < 1.29 is 9.53 Å². The average Bonchev–Trinajstić information content (AvgIpc) is 2.43. The zero-order valence-corrected chi connectivity index (χ0v) is 12.9. The molecule has 0 spiro atoms. The molecule has 112 valence electrons. The Bertz CT molecular complexity index is 424. The highest BCUT2D eigenvalue weighted by Gasteiger charge is 2.11.